The SMILES string of the molecule is CSc1ccc(C(O)CC2CC2)cc1. The van der Waals surface area contributed by atoms with E-state index in [-0.39, 0.29) is 6.10 Å². The van der Waals surface area contributed by atoms with Crippen LogP contribution in [0.3, 0.4) is 0 Å². The van der Waals surface area contributed by atoms with Gasteiger partial charge in [0.25, 0.3) is 0 Å². The average molecular weight is 208 g/mol. The molecule has 1 fully saturated rings. The van der Waals surface area contributed by atoms with Gasteiger partial charge in [0.1, 0.15) is 0 Å². The molecule has 1 aliphatic rings. The van der Waals surface area contributed by atoms with Gasteiger partial charge < -0.3 is 5.11 Å². The van der Waals surface area contributed by atoms with Gasteiger partial charge in [-0.1, -0.05) is 25.0 Å². The normalized spacial score (nSPS) is 18.1. The fourth-order valence-electron chi connectivity index (χ4n) is 1.63. The Morgan fingerprint density at radius 2 is 2.00 bits per heavy atom. The second-order valence-corrected chi connectivity index (χ2v) is 4.85. The van der Waals surface area contributed by atoms with Crippen LogP contribution >= 0.6 is 11.8 Å². The molecule has 0 aromatic heterocycles. The molecule has 0 saturated heterocycles. The van der Waals surface area contributed by atoms with Crippen LogP contribution in [0, 0.1) is 5.92 Å². The van der Waals surface area contributed by atoms with E-state index in [4.69, 9.17) is 0 Å². The monoisotopic (exact) mass is 208 g/mol. The maximum atomic E-state index is 9.89. The smallest absolute Gasteiger partial charge is 0.0792 e. The Morgan fingerprint density at radius 3 is 2.50 bits per heavy atom. The van der Waals surface area contributed by atoms with Crippen LogP contribution < -0.4 is 0 Å². The van der Waals surface area contributed by atoms with E-state index in [0.29, 0.717) is 0 Å². The van der Waals surface area contributed by atoms with Crippen LogP contribution in [0.1, 0.15) is 30.9 Å². The molecule has 0 aliphatic heterocycles. The van der Waals surface area contributed by atoms with Gasteiger partial charge in [0.05, 0.1) is 6.10 Å². The topological polar surface area (TPSA) is 20.2 Å². The molecule has 0 bridgehead atoms. The second kappa shape index (κ2) is 4.37. The van der Waals surface area contributed by atoms with Crippen molar-refractivity contribution in [2.24, 2.45) is 5.92 Å². The highest BCUT2D eigenvalue weighted by Crippen LogP contribution is 2.37. The third kappa shape index (κ3) is 2.52. The minimum absolute atomic E-state index is 0.251. The molecule has 1 aromatic carbocycles. The summed E-state index contributed by atoms with van der Waals surface area (Å²) in [4.78, 5) is 1.26. The molecule has 0 amide bonds. The van der Waals surface area contributed by atoms with Gasteiger partial charge in [0.15, 0.2) is 0 Å². The fraction of sp³-hybridized carbons (Fsp3) is 0.500. The number of rotatable bonds is 4. The Balaban J connectivity index is 1.99. The summed E-state index contributed by atoms with van der Waals surface area (Å²) in [6.45, 7) is 0. The molecule has 1 nitrogen and oxygen atoms in total. The number of hydrogen-bond acceptors (Lipinski definition) is 2. The predicted molar refractivity (Wildman–Crippen MR) is 60.5 cm³/mol. The number of benzene rings is 1. The van der Waals surface area contributed by atoms with Gasteiger partial charge in [0, 0.05) is 4.90 Å². The van der Waals surface area contributed by atoms with Gasteiger partial charge in [-0.05, 0) is 36.3 Å². The minimum atomic E-state index is -0.251. The number of hydrogen-bond donors (Lipinski definition) is 1. The van der Waals surface area contributed by atoms with Crippen molar-refractivity contribution in [1.82, 2.24) is 0 Å². The summed E-state index contributed by atoms with van der Waals surface area (Å²) in [7, 11) is 0. The summed E-state index contributed by atoms with van der Waals surface area (Å²) in [5, 5.41) is 9.89. The van der Waals surface area contributed by atoms with Crippen LogP contribution in [0.5, 0.6) is 0 Å². The van der Waals surface area contributed by atoms with E-state index in [1.807, 2.05) is 12.1 Å². The molecule has 1 aliphatic carbocycles. The zero-order valence-electron chi connectivity index (χ0n) is 8.44. The van der Waals surface area contributed by atoms with Crippen LogP contribution in [0.2, 0.25) is 0 Å². The molecule has 1 atom stereocenters. The lowest BCUT2D eigenvalue weighted by atomic mass is 10.0. The number of aliphatic hydroxyl groups excluding tert-OH is 1. The van der Waals surface area contributed by atoms with Crippen molar-refractivity contribution in [3.05, 3.63) is 29.8 Å². The molecule has 1 saturated carbocycles. The van der Waals surface area contributed by atoms with E-state index in [1.54, 1.807) is 11.8 Å². The predicted octanol–water partition coefficient (Wildman–Crippen LogP) is 3.24. The van der Waals surface area contributed by atoms with Crippen molar-refractivity contribution in [3.8, 4) is 0 Å². The van der Waals surface area contributed by atoms with Gasteiger partial charge in [-0.3, -0.25) is 0 Å². The second-order valence-electron chi connectivity index (χ2n) is 3.97. The summed E-state index contributed by atoms with van der Waals surface area (Å²) in [6, 6.07) is 8.24. The van der Waals surface area contributed by atoms with E-state index in [0.717, 1.165) is 17.9 Å². The first-order valence-corrected chi connectivity index (χ1v) is 6.34. The fourth-order valence-corrected chi connectivity index (χ4v) is 2.04. The first-order chi connectivity index (χ1) is 6.79. The summed E-state index contributed by atoms with van der Waals surface area (Å²) in [5.74, 6) is 0.783. The molecule has 1 unspecified atom stereocenters. The van der Waals surface area contributed by atoms with Crippen LogP contribution in [-0.2, 0) is 0 Å². The van der Waals surface area contributed by atoms with E-state index in [9.17, 15) is 5.11 Å². The molecule has 1 aromatic rings. The summed E-state index contributed by atoms with van der Waals surface area (Å²) >= 11 is 1.73. The Bertz CT molecular complexity index is 290. The quantitative estimate of drug-likeness (QED) is 0.766. The zero-order chi connectivity index (χ0) is 9.97. The molecule has 0 heterocycles. The molecule has 76 valence electrons. The van der Waals surface area contributed by atoms with Gasteiger partial charge in [-0.2, -0.15) is 0 Å². The van der Waals surface area contributed by atoms with Crippen LogP contribution in [0.4, 0.5) is 0 Å². The molecule has 14 heavy (non-hydrogen) atoms. The maximum absolute atomic E-state index is 9.89. The summed E-state index contributed by atoms with van der Waals surface area (Å²) in [6.07, 6.45) is 5.37. The molecular weight excluding hydrogens is 192 g/mol. The molecule has 2 rings (SSSR count). The van der Waals surface area contributed by atoms with Crippen LogP contribution in [0.15, 0.2) is 29.2 Å². The Hall–Kier alpha value is -0.470. The van der Waals surface area contributed by atoms with Gasteiger partial charge >= 0.3 is 0 Å². The van der Waals surface area contributed by atoms with Crippen molar-refractivity contribution in [1.29, 1.82) is 0 Å². The van der Waals surface area contributed by atoms with Crippen molar-refractivity contribution in [2.75, 3.05) is 6.26 Å². The highest BCUT2D eigenvalue weighted by atomic mass is 32.2. The van der Waals surface area contributed by atoms with Crippen LogP contribution in [-0.4, -0.2) is 11.4 Å². The lowest BCUT2D eigenvalue weighted by molar-refractivity contribution is 0.160. The van der Waals surface area contributed by atoms with Crippen molar-refractivity contribution in [3.63, 3.8) is 0 Å². The van der Waals surface area contributed by atoms with E-state index in [2.05, 4.69) is 18.4 Å². The third-order valence-electron chi connectivity index (χ3n) is 2.75. The Morgan fingerprint density at radius 1 is 1.36 bits per heavy atom. The number of aliphatic hydroxyl groups is 1. The summed E-state index contributed by atoms with van der Waals surface area (Å²) < 4.78 is 0. The minimum Gasteiger partial charge on any atom is -0.388 e. The molecule has 0 radical (unpaired) electrons. The largest absolute Gasteiger partial charge is 0.388 e. The maximum Gasteiger partial charge on any atom is 0.0792 e. The average Bonchev–Trinajstić information content (AvgIpc) is 3.02. The van der Waals surface area contributed by atoms with E-state index < -0.39 is 0 Å². The van der Waals surface area contributed by atoms with Gasteiger partial charge in [0.2, 0.25) is 0 Å². The Kier molecular flexibility index (Phi) is 3.14. The first-order valence-electron chi connectivity index (χ1n) is 5.11. The van der Waals surface area contributed by atoms with Crippen molar-refractivity contribution >= 4 is 11.8 Å². The van der Waals surface area contributed by atoms with Crippen LogP contribution in [0.25, 0.3) is 0 Å². The first kappa shape index (κ1) is 10.1. The standard InChI is InChI=1S/C12H16OS/c1-14-11-6-4-10(5-7-11)12(13)8-9-2-3-9/h4-7,9,12-13H,2-3,8H2,1H3. The van der Waals surface area contributed by atoms with E-state index in [1.165, 1.54) is 17.7 Å². The van der Waals surface area contributed by atoms with Crippen molar-refractivity contribution in [2.45, 2.75) is 30.3 Å². The zero-order valence-corrected chi connectivity index (χ0v) is 9.26. The molecule has 0 spiro atoms. The highest BCUT2D eigenvalue weighted by Gasteiger charge is 2.24. The molecule has 2 heteroatoms. The van der Waals surface area contributed by atoms with E-state index >= 15 is 0 Å². The van der Waals surface area contributed by atoms with Gasteiger partial charge in [-0.25, -0.2) is 0 Å². The third-order valence-corrected chi connectivity index (χ3v) is 3.50. The lowest BCUT2D eigenvalue weighted by Gasteiger charge is -2.10. The van der Waals surface area contributed by atoms with Crippen molar-refractivity contribution < 1.29 is 5.11 Å². The van der Waals surface area contributed by atoms with Gasteiger partial charge in [-0.15, -0.1) is 11.8 Å². The Labute approximate surface area is 89.5 Å². The lowest BCUT2D eigenvalue weighted by Crippen LogP contribution is -1.97. The summed E-state index contributed by atoms with van der Waals surface area (Å²) in [5.41, 5.74) is 1.06. The number of thioether (sulfide) groups is 1. The molecule has 1 N–H and O–H groups in total. The molecular formula is C12H16OS. The highest BCUT2D eigenvalue weighted by molar-refractivity contribution is 7.98.